The summed E-state index contributed by atoms with van der Waals surface area (Å²) in [6, 6.07) is 4.59. The van der Waals surface area contributed by atoms with Gasteiger partial charge in [-0.15, -0.1) is 0 Å². The smallest absolute Gasteiger partial charge is 0.314 e. The van der Waals surface area contributed by atoms with Crippen LogP contribution in [0.2, 0.25) is 5.02 Å². The third kappa shape index (κ3) is 1.73. The number of benzene rings is 1. The molecule has 2 nitrogen and oxygen atoms in total. The van der Waals surface area contributed by atoms with Crippen LogP contribution in [-0.2, 0) is 10.2 Å². The van der Waals surface area contributed by atoms with Crippen molar-refractivity contribution in [3.05, 3.63) is 34.6 Å². The number of carboxylic acid groups (broad SMARTS) is 1. The Balaban J connectivity index is 2.62. The van der Waals surface area contributed by atoms with Crippen LogP contribution in [0.5, 0.6) is 0 Å². The molecule has 0 aromatic heterocycles. The summed E-state index contributed by atoms with van der Waals surface area (Å²) >= 11 is 5.74. The minimum absolute atomic E-state index is 0.0118. The first-order chi connectivity index (χ1) is 8.00. The van der Waals surface area contributed by atoms with Crippen molar-refractivity contribution in [2.45, 2.75) is 31.6 Å². The second kappa shape index (κ2) is 4.30. The zero-order valence-electron chi connectivity index (χ0n) is 9.54. The fourth-order valence-electron chi connectivity index (χ4n) is 2.86. The first-order valence-corrected chi connectivity index (χ1v) is 6.06. The van der Waals surface area contributed by atoms with Crippen molar-refractivity contribution in [1.82, 2.24) is 0 Å². The van der Waals surface area contributed by atoms with Gasteiger partial charge in [0, 0.05) is 5.56 Å². The third-order valence-corrected chi connectivity index (χ3v) is 4.16. The number of aliphatic carboxylic acids is 1. The molecule has 1 aliphatic carbocycles. The van der Waals surface area contributed by atoms with Gasteiger partial charge in [-0.2, -0.15) is 0 Å². The Hall–Kier alpha value is -1.09. The first kappa shape index (κ1) is 12.4. The Kier molecular flexibility index (Phi) is 3.13. The Morgan fingerprint density at radius 2 is 2.29 bits per heavy atom. The zero-order valence-corrected chi connectivity index (χ0v) is 10.3. The van der Waals surface area contributed by atoms with E-state index in [9.17, 15) is 14.3 Å². The largest absolute Gasteiger partial charge is 0.481 e. The van der Waals surface area contributed by atoms with Crippen molar-refractivity contribution < 1.29 is 14.3 Å². The van der Waals surface area contributed by atoms with Gasteiger partial charge in [-0.25, -0.2) is 4.39 Å². The van der Waals surface area contributed by atoms with E-state index in [2.05, 4.69) is 0 Å². The highest BCUT2D eigenvalue weighted by molar-refractivity contribution is 6.30. The lowest BCUT2D eigenvalue weighted by Gasteiger charge is -2.30. The number of carbonyl (C=O) groups is 1. The van der Waals surface area contributed by atoms with Crippen molar-refractivity contribution >= 4 is 17.6 Å². The maximum absolute atomic E-state index is 14.0. The molecule has 1 saturated carbocycles. The molecule has 0 spiro atoms. The van der Waals surface area contributed by atoms with E-state index >= 15 is 0 Å². The van der Waals surface area contributed by atoms with Crippen molar-refractivity contribution in [2.24, 2.45) is 5.92 Å². The summed E-state index contributed by atoms with van der Waals surface area (Å²) in [5, 5.41) is 9.48. The highest BCUT2D eigenvalue weighted by Gasteiger charge is 2.50. The van der Waals surface area contributed by atoms with E-state index in [-0.39, 0.29) is 16.5 Å². The molecule has 2 unspecified atom stereocenters. The fourth-order valence-corrected chi connectivity index (χ4v) is 3.04. The third-order valence-electron chi connectivity index (χ3n) is 3.86. The quantitative estimate of drug-likeness (QED) is 0.877. The van der Waals surface area contributed by atoms with E-state index in [1.807, 2.05) is 6.92 Å². The Morgan fingerprint density at radius 3 is 2.82 bits per heavy atom. The van der Waals surface area contributed by atoms with Crippen LogP contribution >= 0.6 is 11.6 Å². The molecule has 1 aromatic rings. The summed E-state index contributed by atoms with van der Waals surface area (Å²) in [6.07, 6.45) is 2.08. The van der Waals surface area contributed by atoms with E-state index in [4.69, 9.17) is 11.6 Å². The van der Waals surface area contributed by atoms with Gasteiger partial charge in [0.25, 0.3) is 0 Å². The molecule has 92 valence electrons. The molecule has 1 N–H and O–H groups in total. The topological polar surface area (TPSA) is 37.3 Å². The summed E-state index contributed by atoms with van der Waals surface area (Å²) in [7, 11) is 0. The van der Waals surface area contributed by atoms with Crippen LogP contribution in [0.1, 0.15) is 31.7 Å². The average molecular weight is 257 g/mol. The molecule has 0 heterocycles. The molecular weight excluding hydrogens is 243 g/mol. The van der Waals surface area contributed by atoms with Gasteiger partial charge in [-0.05, 0) is 24.8 Å². The lowest BCUT2D eigenvalue weighted by Crippen LogP contribution is -2.39. The first-order valence-electron chi connectivity index (χ1n) is 5.68. The van der Waals surface area contributed by atoms with E-state index in [1.54, 1.807) is 6.07 Å². The van der Waals surface area contributed by atoms with Crippen LogP contribution in [0.25, 0.3) is 0 Å². The summed E-state index contributed by atoms with van der Waals surface area (Å²) in [4.78, 5) is 11.6. The van der Waals surface area contributed by atoms with Gasteiger partial charge in [0.05, 0.1) is 10.4 Å². The van der Waals surface area contributed by atoms with Crippen LogP contribution in [0, 0.1) is 11.7 Å². The summed E-state index contributed by atoms with van der Waals surface area (Å²) in [5.41, 5.74) is -0.892. The molecule has 0 saturated heterocycles. The van der Waals surface area contributed by atoms with E-state index in [0.717, 1.165) is 12.8 Å². The highest BCUT2D eigenvalue weighted by atomic mass is 35.5. The molecule has 1 aromatic carbocycles. The average Bonchev–Trinajstić information content (AvgIpc) is 2.65. The lowest BCUT2D eigenvalue weighted by atomic mass is 9.73. The number of hydrogen-bond donors (Lipinski definition) is 1. The number of halogens is 2. The van der Waals surface area contributed by atoms with Gasteiger partial charge in [-0.1, -0.05) is 37.1 Å². The fraction of sp³-hybridized carbons (Fsp3) is 0.462. The van der Waals surface area contributed by atoms with Crippen LogP contribution in [0.4, 0.5) is 4.39 Å². The summed E-state index contributed by atoms with van der Waals surface area (Å²) in [6.45, 7) is 1.86. The molecule has 0 aliphatic heterocycles. The molecule has 0 amide bonds. The molecule has 2 atom stereocenters. The minimum atomic E-state index is -1.12. The van der Waals surface area contributed by atoms with Gasteiger partial charge in [0.15, 0.2) is 0 Å². The highest BCUT2D eigenvalue weighted by Crippen LogP contribution is 2.47. The zero-order chi connectivity index (χ0) is 12.6. The van der Waals surface area contributed by atoms with Gasteiger partial charge < -0.3 is 5.11 Å². The molecular formula is C13H14ClFO2. The van der Waals surface area contributed by atoms with Gasteiger partial charge in [-0.3, -0.25) is 4.79 Å². The predicted molar refractivity (Wildman–Crippen MR) is 63.7 cm³/mol. The van der Waals surface area contributed by atoms with E-state index < -0.39 is 17.2 Å². The van der Waals surface area contributed by atoms with Crippen molar-refractivity contribution in [3.8, 4) is 0 Å². The standard InChI is InChI=1S/C13H14ClFO2/c1-8-4-3-7-13(8,12(16)17)9-5-2-6-10(14)11(9)15/h2,5-6,8H,3-4,7H2,1H3,(H,16,17). The number of rotatable bonds is 2. The molecule has 1 fully saturated rings. The summed E-state index contributed by atoms with van der Waals surface area (Å²) in [5.74, 6) is -1.62. The SMILES string of the molecule is CC1CCCC1(C(=O)O)c1cccc(Cl)c1F. The molecule has 2 rings (SSSR count). The monoisotopic (exact) mass is 256 g/mol. The normalized spacial score (nSPS) is 28.3. The molecule has 0 bridgehead atoms. The van der Waals surface area contributed by atoms with Crippen molar-refractivity contribution in [1.29, 1.82) is 0 Å². The predicted octanol–water partition coefficient (Wildman–Crippen LogP) is 3.62. The van der Waals surface area contributed by atoms with Crippen LogP contribution in [0.15, 0.2) is 18.2 Å². The van der Waals surface area contributed by atoms with Crippen LogP contribution < -0.4 is 0 Å². The van der Waals surface area contributed by atoms with Gasteiger partial charge in [0.1, 0.15) is 5.82 Å². The second-order valence-corrected chi connectivity index (χ2v) is 5.08. The number of carboxylic acids is 1. The van der Waals surface area contributed by atoms with Crippen molar-refractivity contribution in [2.75, 3.05) is 0 Å². The van der Waals surface area contributed by atoms with E-state index in [1.165, 1.54) is 12.1 Å². The number of hydrogen-bond acceptors (Lipinski definition) is 1. The maximum Gasteiger partial charge on any atom is 0.314 e. The molecule has 17 heavy (non-hydrogen) atoms. The Bertz CT molecular complexity index is 461. The summed E-state index contributed by atoms with van der Waals surface area (Å²) < 4.78 is 14.0. The Morgan fingerprint density at radius 1 is 1.59 bits per heavy atom. The molecule has 1 aliphatic rings. The molecule has 0 radical (unpaired) electrons. The lowest BCUT2D eigenvalue weighted by molar-refractivity contribution is -0.145. The maximum atomic E-state index is 14.0. The van der Waals surface area contributed by atoms with Crippen molar-refractivity contribution in [3.63, 3.8) is 0 Å². The molecule has 4 heteroatoms. The van der Waals surface area contributed by atoms with E-state index in [0.29, 0.717) is 6.42 Å². The van der Waals surface area contributed by atoms with Gasteiger partial charge in [0.2, 0.25) is 0 Å². The van der Waals surface area contributed by atoms with Crippen LogP contribution in [0.3, 0.4) is 0 Å². The van der Waals surface area contributed by atoms with Crippen LogP contribution in [-0.4, -0.2) is 11.1 Å². The minimum Gasteiger partial charge on any atom is -0.481 e. The van der Waals surface area contributed by atoms with Gasteiger partial charge >= 0.3 is 5.97 Å². The Labute approximate surface area is 104 Å². The second-order valence-electron chi connectivity index (χ2n) is 4.67.